The SMILES string of the molecule is CCN(CC)c1ccc(C=C2NC(=S)N(C)C2=O)cc1. The van der Waals surface area contributed by atoms with Crippen LogP contribution in [0.2, 0.25) is 0 Å². The van der Waals surface area contributed by atoms with Crippen molar-refractivity contribution >= 4 is 35.0 Å². The Kier molecular flexibility index (Phi) is 4.39. The molecule has 2 rings (SSSR count). The van der Waals surface area contributed by atoms with E-state index in [1.807, 2.05) is 18.2 Å². The van der Waals surface area contributed by atoms with Crippen LogP contribution in [0.1, 0.15) is 19.4 Å². The number of likely N-dealkylation sites (N-methyl/N-ethyl adjacent to an activating group) is 1. The molecule has 0 bridgehead atoms. The number of hydrogen-bond acceptors (Lipinski definition) is 3. The zero-order valence-electron chi connectivity index (χ0n) is 12.0. The summed E-state index contributed by atoms with van der Waals surface area (Å²) in [5.74, 6) is -0.0946. The molecule has 0 aromatic heterocycles. The molecule has 1 aliphatic rings. The quantitative estimate of drug-likeness (QED) is 0.681. The summed E-state index contributed by atoms with van der Waals surface area (Å²) in [5, 5.41) is 3.37. The molecule has 1 N–H and O–H groups in total. The number of carbonyl (C=O) groups excluding carboxylic acids is 1. The van der Waals surface area contributed by atoms with Crippen LogP contribution in [0.4, 0.5) is 5.69 Å². The van der Waals surface area contributed by atoms with Gasteiger partial charge in [-0.2, -0.15) is 0 Å². The maximum Gasteiger partial charge on any atom is 0.276 e. The lowest BCUT2D eigenvalue weighted by atomic mass is 10.1. The second-order valence-corrected chi connectivity index (χ2v) is 5.00. The molecule has 1 aromatic rings. The van der Waals surface area contributed by atoms with Gasteiger partial charge in [0.15, 0.2) is 5.11 Å². The van der Waals surface area contributed by atoms with Crippen molar-refractivity contribution < 1.29 is 4.79 Å². The number of thiocarbonyl (C=S) groups is 1. The van der Waals surface area contributed by atoms with E-state index in [1.54, 1.807) is 7.05 Å². The van der Waals surface area contributed by atoms with Gasteiger partial charge in [0, 0.05) is 25.8 Å². The van der Waals surface area contributed by atoms with E-state index >= 15 is 0 Å². The topological polar surface area (TPSA) is 35.6 Å². The highest BCUT2D eigenvalue weighted by Crippen LogP contribution is 2.18. The fraction of sp³-hybridized carbons (Fsp3) is 0.333. The Bertz CT molecular complexity index is 547. The van der Waals surface area contributed by atoms with E-state index in [2.05, 4.69) is 36.2 Å². The average Bonchev–Trinajstić information content (AvgIpc) is 2.69. The van der Waals surface area contributed by atoms with Crippen LogP contribution in [0.3, 0.4) is 0 Å². The molecule has 0 spiro atoms. The number of hydrogen-bond donors (Lipinski definition) is 1. The Morgan fingerprint density at radius 3 is 2.30 bits per heavy atom. The third kappa shape index (κ3) is 2.82. The van der Waals surface area contributed by atoms with Crippen molar-refractivity contribution in [1.29, 1.82) is 0 Å². The molecular weight excluding hydrogens is 270 g/mol. The van der Waals surface area contributed by atoms with E-state index in [0.717, 1.165) is 18.7 Å². The van der Waals surface area contributed by atoms with Crippen LogP contribution in [0.15, 0.2) is 30.0 Å². The largest absolute Gasteiger partial charge is 0.372 e. The van der Waals surface area contributed by atoms with Crippen molar-refractivity contribution in [3.05, 3.63) is 35.5 Å². The van der Waals surface area contributed by atoms with E-state index in [0.29, 0.717) is 10.8 Å². The minimum atomic E-state index is -0.0946. The van der Waals surface area contributed by atoms with Gasteiger partial charge in [0.05, 0.1) is 0 Å². The summed E-state index contributed by atoms with van der Waals surface area (Å²) in [5.41, 5.74) is 2.69. The molecule has 106 valence electrons. The first-order chi connectivity index (χ1) is 9.56. The first kappa shape index (κ1) is 14.5. The standard InChI is InChI=1S/C15H19N3OS/c1-4-18(5-2)12-8-6-11(7-9-12)10-13-14(19)17(3)15(20)16-13/h6-10H,4-5H2,1-3H3,(H,16,20). The van der Waals surface area contributed by atoms with E-state index in [1.165, 1.54) is 10.6 Å². The lowest BCUT2D eigenvalue weighted by Crippen LogP contribution is -2.25. The zero-order valence-corrected chi connectivity index (χ0v) is 12.8. The predicted octanol–water partition coefficient (Wildman–Crippen LogP) is 2.22. The van der Waals surface area contributed by atoms with Crippen LogP contribution >= 0.6 is 12.2 Å². The van der Waals surface area contributed by atoms with E-state index in [-0.39, 0.29) is 5.91 Å². The van der Waals surface area contributed by atoms with Crippen molar-refractivity contribution in [1.82, 2.24) is 10.2 Å². The van der Waals surface area contributed by atoms with Crippen LogP contribution in [-0.4, -0.2) is 36.1 Å². The van der Waals surface area contributed by atoms with Crippen molar-refractivity contribution in [2.45, 2.75) is 13.8 Å². The third-order valence-corrected chi connectivity index (χ3v) is 3.79. The normalized spacial score (nSPS) is 16.8. The molecule has 1 aromatic carbocycles. The van der Waals surface area contributed by atoms with Gasteiger partial charge < -0.3 is 10.2 Å². The molecule has 0 unspecified atom stereocenters. The monoisotopic (exact) mass is 289 g/mol. The molecule has 5 heteroatoms. The smallest absolute Gasteiger partial charge is 0.276 e. The Morgan fingerprint density at radius 2 is 1.85 bits per heavy atom. The Labute approximate surface area is 125 Å². The molecule has 4 nitrogen and oxygen atoms in total. The molecule has 1 heterocycles. The van der Waals surface area contributed by atoms with Crippen LogP contribution in [0, 0.1) is 0 Å². The van der Waals surface area contributed by atoms with Gasteiger partial charge in [-0.15, -0.1) is 0 Å². The highest BCUT2D eigenvalue weighted by molar-refractivity contribution is 7.80. The summed E-state index contributed by atoms with van der Waals surface area (Å²) < 4.78 is 0. The highest BCUT2D eigenvalue weighted by Gasteiger charge is 2.26. The number of amides is 1. The minimum absolute atomic E-state index is 0.0946. The zero-order chi connectivity index (χ0) is 14.7. The summed E-state index contributed by atoms with van der Waals surface area (Å²) in [6.07, 6.45) is 1.82. The third-order valence-electron chi connectivity index (χ3n) is 3.41. The summed E-state index contributed by atoms with van der Waals surface area (Å²) in [6.45, 7) is 6.24. The van der Waals surface area contributed by atoms with Gasteiger partial charge in [0.25, 0.3) is 5.91 Å². The van der Waals surface area contributed by atoms with Crippen LogP contribution in [-0.2, 0) is 4.79 Å². The van der Waals surface area contributed by atoms with Crippen molar-refractivity contribution in [3.63, 3.8) is 0 Å². The molecule has 0 atom stereocenters. The molecule has 1 aliphatic heterocycles. The maximum absolute atomic E-state index is 11.9. The lowest BCUT2D eigenvalue weighted by molar-refractivity contribution is -0.121. The first-order valence-electron chi connectivity index (χ1n) is 6.72. The second-order valence-electron chi connectivity index (χ2n) is 4.62. The molecule has 1 fully saturated rings. The van der Waals surface area contributed by atoms with E-state index < -0.39 is 0 Å². The molecule has 0 radical (unpaired) electrons. The van der Waals surface area contributed by atoms with Gasteiger partial charge >= 0.3 is 0 Å². The molecule has 1 saturated heterocycles. The Morgan fingerprint density at radius 1 is 1.25 bits per heavy atom. The number of rotatable bonds is 4. The fourth-order valence-electron chi connectivity index (χ4n) is 2.16. The van der Waals surface area contributed by atoms with E-state index in [4.69, 9.17) is 12.2 Å². The number of benzene rings is 1. The summed E-state index contributed by atoms with van der Waals surface area (Å²) in [6, 6.07) is 8.16. The van der Waals surface area contributed by atoms with Gasteiger partial charge in [-0.1, -0.05) is 12.1 Å². The number of carbonyl (C=O) groups is 1. The summed E-state index contributed by atoms with van der Waals surface area (Å²) >= 11 is 5.04. The van der Waals surface area contributed by atoms with Gasteiger partial charge in [-0.25, -0.2) is 0 Å². The second kappa shape index (κ2) is 6.05. The molecular formula is C15H19N3OS. The molecule has 0 aliphatic carbocycles. The number of anilines is 1. The van der Waals surface area contributed by atoms with E-state index in [9.17, 15) is 4.79 Å². The number of nitrogens with one attached hydrogen (secondary N) is 1. The summed E-state index contributed by atoms with van der Waals surface area (Å²) in [7, 11) is 1.67. The van der Waals surface area contributed by atoms with Gasteiger partial charge in [0.1, 0.15) is 5.70 Å². The van der Waals surface area contributed by atoms with Crippen molar-refractivity contribution in [3.8, 4) is 0 Å². The lowest BCUT2D eigenvalue weighted by Gasteiger charge is -2.20. The Balaban J connectivity index is 2.19. The number of nitrogens with zero attached hydrogens (tertiary/aromatic N) is 2. The summed E-state index contributed by atoms with van der Waals surface area (Å²) in [4.78, 5) is 15.6. The van der Waals surface area contributed by atoms with Crippen molar-refractivity contribution in [2.75, 3.05) is 25.0 Å². The average molecular weight is 289 g/mol. The van der Waals surface area contributed by atoms with Crippen LogP contribution in [0.5, 0.6) is 0 Å². The van der Waals surface area contributed by atoms with Crippen LogP contribution in [0.25, 0.3) is 6.08 Å². The minimum Gasteiger partial charge on any atom is -0.372 e. The molecule has 0 saturated carbocycles. The fourth-order valence-corrected chi connectivity index (χ4v) is 2.35. The van der Waals surface area contributed by atoms with Crippen LogP contribution < -0.4 is 10.2 Å². The van der Waals surface area contributed by atoms with Gasteiger partial charge in [-0.3, -0.25) is 9.69 Å². The first-order valence-corrected chi connectivity index (χ1v) is 7.13. The predicted molar refractivity (Wildman–Crippen MR) is 86.5 cm³/mol. The Hall–Kier alpha value is -1.88. The van der Waals surface area contributed by atoms with Gasteiger partial charge in [0.2, 0.25) is 0 Å². The van der Waals surface area contributed by atoms with Gasteiger partial charge in [-0.05, 0) is 49.8 Å². The maximum atomic E-state index is 11.9. The molecule has 20 heavy (non-hydrogen) atoms. The highest BCUT2D eigenvalue weighted by atomic mass is 32.1. The molecule has 1 amide bonds. The van der Waals surface area contributed by atoms with Crippen molar-refractivity contribution in [2.24, 2.45) is 0 Å².